The van der Waals surface area contributed by atoms with Gasteiger partial charge in [-0.3, -0.25) is 9.88 Å². The molecule has 0 saturated heterocycles. The third-order valence-electron chi connectivity index (χ3n) is 3.43. The van der Waals surface area contributed by atoms with Crippen LogP contribution in [0, 0.1) is 5.41 Å². The molecule has 102 valence electrons. The van der Waals surface area contributed by atoms with Crippen LogP contribution in [0.5, 0.6) is 0 Å². The second kappa shape index (κ2) is 6.86. The van der Waals surface area contributed by atoms with E-state index < -0.39 is 0 Å². The summed E-state index contributed by atoms with van der Waals surface area (Å²) >= 11 is 0. The molecule has 18 heavy (non-hydrogen) atoms. The summed E-state index contributed by atoms with van der Waals surface area (Å²) in [7, 11) is 0. The summed E-state index contributed by atoms with van der Waals surface area (Å²) < 4.78 is 0. The van der Waals surface area contributed by atoms with Gasteiger partial charge in [0.2, 0.25) is 0 Å². The fourth-order valence-electron chi connectivity index (χ4n) is 1.82. The molecule has 0 fully saturated rings. The van der Waals surface area contributed by atoms with Crippen molar-refractivity contribution in [3.05, 3.63) is 30.1 Å². The van der Waals surface area contributed by atoms with Gasteiger partial charge in [0, 0.05) is 25.3 Å². The molecule has 1 aromatic rings. The molecule has 1 unspecified atom stereocenters. The molecular weight excluding hydrogens is 222 g/mol. The lowest BCUT2D eigenvalue weighted by Gasteiger charge is -2.29. The molecule has 0 aromatic carbocycles. The van der Waals surface area contributed by atoms with Crippen LogP contribution in [0.4, 0.5) is 0 Å². The van der Waals surface area contributed by atoms with Crippen molar-refractivity contribution in [2.24, 2.45) is 11.1 Å². The van der Waals surface area contributed by atoms with Gasteiger partial charge in [0.1, 0.15) is 0 Å². The third kappa shape index (κ3) is 5.15. The highest BCUT2D eigenvalue weighted by Gasteiger charge is 2.20. The van der Waals surface area contributed by atoms with Gasteiger partial charge in [-0.2, -0.15) is 0 Å². The highest BCUT2D eigenvalue weighted by molar-refractivity contribution is 5.03. The first kappa shape index (κ1) is 15.1. The van der Waals surface area contributed by atoms with E-state index >= 15 is 0 Å². The zero-order valence-electron chi connectivity index (χ0n) is 12.2. The molecule has 3 heteroatoms. The molecule has 0 bridgehead atoms. The van der Waals surface area contributed by atoms with Gasteiger partial charge >= 0.3 is 0 Å². The summed E-state index contributed by atoms with van der Waals surface area (Å²) in [4.78, 5) is 6.77. The SMILES string of the molecule is CCN(CCC(N)C(C)(C)C)Cc1ccccn1. The van der Waals surface area contributed by atoms with E-state index in [1.807, 2.05) is 18.3 Å². The molecule has 1 aromatic heterocycles. The number of nitrogens with zero attached hydrogens (tertiary/aromatic N) is 2. The van der Waals surface area contributed by atoms with Crippen molar-refractivity contribution in [2.45, 2.75) is 46.7 Å². The average Bonchev–Trinajstić information content (AvgIpc) is 2.34. The molecule has 1 heterocycles. The lowest BCUT2D eigenvalue weighted by molar-refractivity contribution is 0.228. The Morgan fingerprint density at radius 2 is 2.06 bits per heavy atom. The van der Waals surface area contributed by atoms with Gasteiger partial charge < -0.3 is 5.73 Å². The maximum atomic E-state index is 6.20. The van der Waals surface area contributed by atoms with E-state index in [1.54, 1.807) is 0 Å². The maximum Gasteiger partial charge on any atom is 0.0543 e. The predicted octanol–water partition coefficient (Wildman–Crippen LogP) is 2.67. The predicted molar refractivity (Wildman–Crippen MR) is 77.2 cm³/mol. The van der Waals surface area contributed by atoms with E-state index in [0.717, 1.165) is 31.7 Å². The molecule has 0 aliphatic carbocycles. The topological polar surface area (TPSA) is 42.1 Å². The van der Waals surface area contributed by atoms with Crippen LogP contribution in [-0.4, -0.2) is 29.0 Å². The maximum absolute atomic E-state index is 6.20. The molecule has 0 amide bonds. The van der Waals surface area contributed by atoms with Gasteiger partial charge in [-0.15, -0.1) is 0 Å². The molecule has 3 nitrogen and oxygen atoms in total. The fourth-order valence-corrected chi connectivity index (χ4v) is 1.82. The molecule has 0 spiro atoms. The molecule has 0 saturated carbocycles. The Kier molecular flexibility index (Phi) is 5.76. The Balaban J connectivity index is 2.43. The van der Waals surface area contributed by atoms with Gasteiger partial charge in [0.15, 0.2) is 0 Å². The first-order valence-electron chi connectivity index (χ1n) is 6.81. The number of hydrogen-bond acceptors (Lipinski definition) is 3. The number of aromatic nitrogens is 1. The van der Waals surface area contributed by atoms with Crippen LogP contribution in [0.25, 0.3) is 0 Å². The molecule has 2 N–H and O–H groups in total. The molecule has 0 radical (unpaired) electrons. The highest BCUT2D eigenvalue weighted by Crippen LogP contribution is 2.20. The monoisotopic (exact) mass is 249 g/mol. The minimum absolute atomic E-state index is 0.185. The Morgan fingerprint density at radius 3 is 2.56 bits per heavy atom. The van der Waals surface area contributed by atoms with Crippen LogP contribution in [0.3, 0.4) is 0 Å². The third-order valence-corrected chi connectivity index (χ3v) is 3.43. The summed E-state index contributed by atoms with van der Waals surface area (Å²) in [5.74, 6) is 0. The minimum Gasteiger partial charge on any atom is -0.327 e. The number of nitrogens with two attached hydrogens (primary N) is 1. The summed E-state index contributed by atoms with van der Waals surface area (Å²) in [5.41, 5.74) is 7.52. The fraction of sp³-hybridized carbons (Fsp3) is 0.667. The smallest absolute Gasteiger partial charge is 0.0543 e. The largest absolute Gasteiger partial charge is 0.327 e. The number of hydrogen-bond donors (Lipinski definition) is 1. The van der Waals surface area contributed by atoms with E-state index in [-0.39, 0.29) is 11.5 Å². The Bertz CT molecular complexity index is 329. The number of pyridine rings is 1. The highest BCUT2D eigenvalue weighted by atomic mass is 15.1. The zero-order valence-corrected chi connectivity index (χ0v) is 12.2. The van der Waals surface area contributed by atoms with Crippen molar-refractivity contribution in [3.8, 4) is 0 Å². The first-order chi connectivity index (χ1) is 8.43. The summed E-state index contributed by atoms with van der Waals surface area (Å²) in [6.45, 7) is 11.8. The van der Waals surface area contributed by atoms with Crippen LogP contribution < -0.4 is 5.73 Å². The Hall–Kier alpha value is -0.930. The lowest BCUT2D eigenvalue weighted by atomic mass is 9.85. The zero-order chi connectivity index (χ0) is 13.6. The van der Waals surface area contributed by atoms with E-state index in [4.69, 9.17) is 5.73 Å². The van der Waals surface area contributed by atoms with Crippen molar-refractivity contribution in [1.82, 2.24) is 9.88 Å². The Morgan fingerprint density at radius 1 is 1.33 bits per heavy atom. The first-order valence-corrected chi connectivity index (χ1v) is 6.81. The van der Waals surface area contributed by atoms with E-state index in [9.17, 15) is 0 Å². The van der Waals surface area contributed by atoms with Crippen molar-refractivity contribution in [2.75, 3.05) is 13.1 Å². The van der Waals surface area contributed by atoms with Crippen molar-refractivity contribution < 1.29 is 0 Å². The Labute approximate surface area is 111 Å². The van der Waals surface area contributed by atoms with Crippen LogP contribution in [0.2, 0.25) is 0 Å². The van der Waals surface area contributed by atoms with Crippen LogP contribution in [-0.2, 0) is 6.54 Å². The van der Waals surface area contributed by atoms with Gasteiger partial charge in [-0.05, 0) is 30.5 Å². The van der Waals surface area contributed by atoms with Gasteiger partial charge in [-0.1, -0.05) is 33.8 Å². The molecule has 0 aliphatic heterocycles. The van der Waals surface area contributed by atoms with Gasteiger partial charge in [-0.25, -0.2) is 0 Å². The quantitative estimate of drug-likeness (QED) is 0.843. The second-order valence-corrected chi connectivity index (χ2v) is 5.95. The summed E-state index contributed by atoms with van der Waals surface area (Å²) in [5, 5.41) is 0. The second-order valence-electron chi connectivity index (χ2n) is 5.95. The van der Waals surface area contributed by atoms with Crippen molar-refractivity contribution >= 4 is 0 Å². The molecule has 0 aliphatic rings. The van der Waals surface area contributed by atoms with Gasteiger partial charge in [0.25, 0.3) is 0 Å². The number of rotatable bonds is 6. The minimum atomic E-state index is 0.185. The van der Waals surface area contributed by atoms with Gasteiger partial charge in [0.05, 0.1) is 5.69 Å². The van der Waals surface area contributed by atoms with E-state index in [2.05, 4.69) is 43.6 Å². The van der Waals surface area contributed by atoms with E-state index in [0.29, 0.717) is 0 Å². The molecule has 1 atom stereocenters. The molecular formula is C15H27N3. The van der Waals surface area contributed by atoms with Crippen molar-refractivity contribution in [1.29, 1.82) is 0 Å². The van der Waals surface area contributed by atoms with Crippen LogP contribution >= 0.6 is 0 Å². The van der Waals surface area contributed by atoms with Crippen molar-refractivity contribution in [3.63, 3.8) is 0 Å². The lowest BCUT2D eigenvalue weighted by Crippen LogP contribution is -2.38. The molecule has 1 rings (SSSR count). The van der Waals surface area contributed by atoms with Crippen LogP contribution in [0.15, 0.2) is 24.4 Å². The summed E-state index contributed by atoms with van der Waals surface area (Å²) in [6.07, 6.45) is 2.88. The van der Waals surface area contributed by atoms with Crippen LogP contribution in [0.1, 0.15) is 39.8 Å². The average molecular weight is 249 g/mol. The summed E-state index contributed by atoms with van der Waals surface area (Å²) in [6, 6.07) is 6.31. The normalized spacial score (nSPS) is 13.9. The standard InChI is InChI=1S/C15H27N3/c1-5-18(11-9-14(16)15(2,3)4)12-13-8-6-7-10-17-13/h6-8,10,14H,5,9,11-12,16H2,1-4H3. The van der Waals surface area contributed by atoms with E-state index in [1.165, 1.54) is 0 Å².